The van der Waals surface area contributed by atoms with Gasteiger partial charge in [-0.1, -0.05) is 109 Å². The Morgan fingerprint density at radius 1 is 0.172 bits per heavy atom. The molecule has 21 rings (SSSR count). The van der Waals surface area contributed by atoms with Gasteiger partial charge < -0.3 is 41.0 Å². The fourth-order valence-corrected chi connectivity index (χ4v) is 15.1. The highest BCUT2D eigenvalue weighted by Gasteiger charge is 2.25. The van der Waals surface area contributed by atoms with Crippen LogP contribution in [0, 0.1) is 0 Å². The molecular formula is C84H48N4O5. The van der Waals surface area contributed by atoms with Gasteiger partial charge in [0.05, 0.1) is 22.1 Å². The Bertz CT molecular complexity index is 6310. The topological polar surface area (TPSA) is 82.0 Å². The molecule has 0 N–H and O–H groups in total. The van der Waals surface area contributed by atoms with Gasteiger partial charge in [0.15, 0.2) is 0 Å². The van der Waals surface area contributed by atoms with Crippen molar-refractivity contribution in [3.05, 3.63) is 291 Å². The zero-order valence-corrected chi connectivity index (χ0v) is 49.5. The average Bonchev–Trinajstić information content (AvgIpc) is 1.65. The molecule has 0 amide bonds. The summed E-state index contributed by atoms with van der Waals surface area (Å²) in [6.07, 6.45) is 0. The molecule has 0 aliphatic carbocycles. The van der Waals surface area contributed by atoms with E-state index in [-0.39, 0.29) is 0 Å². The second-order valence-electron chi connectivity index (χ2n) is 24.4. The van der Waals surface area contributed by atoms with Gasteiger partial charge in [-0.3, -0.25) is 0 Å². The number of rotatable bonds is 8. The summed E-state index contributed by atoms with van der Waals surface area (Å²) in [4.78, 5) is 4.61. The Hall–Kier alpha value is -12.7. The third-order valence-electron chi connectivity index (χ3n) is 19.2. The summed E-state index contributed by atoms with van der Waals surface area (Å²) in [5.41, 5.74) is 20.5. The van der Waals surface area contributed by atoms with Crippen LogP contribution in [0.15, 0.2) is 313 Å². The summed E-state index contributed by atoms with van der Waals surface area (Å²) in [5, 5.41) is 14.8. The molecule has 14 aromatic carbocycles. The molecule has 0 radical (unpaired) electrons. The SMILES string of the molecule is c1ccc(-n2c3ccccc3c3cc(N(c4ccc5c(c4)oc4ccccc45)c4ccc5c(c4)oc4cc6c(cc45)oc4cc5c(cc46)oc4cc(N(c6ccc7c(c6)oc6ccccc67)c6ccc7c(c6)c6ccccc6n7-c6ccccc6)ccc45)ccc32)cc1. The molecule has 7 heterocycles. The van der Waals surface area contributed by atoms with Crippen LogP contribution in [0.4, 0.5) is 34.1 Å². The Kier molecular flexibility index (Phi) is 10.2. The van der Waals surface area contributed by atoms with Gasteiger partial charge in [-0.25, -0.2) is 0 Å². The minimum atomic E-state index is 0.761. The van der Waals surface area contributed by atoms with Crippen LogP contribution in [0.3, 0.4) is 0 Å². The third kappa shape index (κ3) is 7.38. The van der Waals surface area contributed by atoms with E-state index in [0.717, 1.165) is 188 Å². The first-order valence-corrected chi connectivity index (χ1v) is 31.3. The lowest BCUT2D eigenvalue weighted by Gasteiger charge is -2.25. The van der Waals surface area contributed by atoms with Gasteiger partial charge in [0.25, 0.3) is 0 Å². The van der Waals surface area contributed by atoms with Crippen LogP contribution >= 0.6 is 0 Å². The molecule has 0 bridgehead atoms. The van der Waals surface area contributed by atoms with Crippen molar-refractivity contribution in [3.8, 4) is 11.4 Å². The zero-order chi connectivity index (χ0) is 60.6. The highest BCUT2D eigenvalue weighted by molar-refractivity contribution is 6.20. The highest BCUT2D eigenvalue weighted by atomic mass is 16.3. The van der Waals surface area contributed by atoms with E-state index in [9.17, 15) is 0 Å². The number of para-hydroxylation sites is 6. The molecule has 0 atom stereocenters. The summed E-state index contributed by atoms with van der Waals surface area (Å²) >= 11 is 0. The maximum atomic E-state index is 6.96. The summed E-state index contributed by atoms with van der Waals surface area (Å²) in [6.45, 7) is 0. The first-order chi connectivity index (χ1) is 46.0. The van der Waals surface area contributed by atoms with Gasteiger partial charge in [0.1, 0.15) is 55.8 Å². The van der Waals surface area contributed by atoms with Gasteiger partial charge in [0.2, 0.25) is 0 Å². The number of fused-ring (bicyclic) bond motifs is 21. The largest absolute Gasteiger partial charge is 0.456 e. The van der Waals surface area contributed by atoms with Crippen molar-refractivity contribution >= 4 is 187 Å². The van der Waals surface area contributed by atoms with Gasteiger partial charge in [-0.05, 0) is 158 Å². The minimum absolute atomic E-state index is 0.761. The molecule has 0 aliphatic heterocycles. The van der Waals surface area contributed by atoms with Crippen LogP contribution in [0.2, 0.25) is 0 Å². The molecule has 9 heteroatoms. The standard InChI is InChI=1S/C84H48N4O5/c1-3-15-49(16-4-1)87-71-23-11-7-19-57(71)65-39-51(31-37-73(65)87)85(53-27-33-61-59-21-9-13-25-75(59)89-77(61)41-53)55-29-35-63-67-45-83-69(47-81(67)91-79(63)43-55)70-48-82-68(46-84(70)93-83)64-36-30-56(44-80(64)92-82)86(54-28-34-62-60-22-10-14-26-76(60)90-78(62)42-54)52-32-38-74-66(40-52)58-20-8-12-24-72(58)88(74)50-17-5-2-6-18-50/h1-48H. The lowest BCUT2D eigenvalue weighted by Crippen LogP contribution is -2.09. The summed E-state index contributed by atoms with van der Waals surface area (Å²) < 4.78 is 38.5. The molecule has 9 nitrogen and oxygen atoms in total. The number of nitrogens with zero attached hydrogens (tertiary/aromatic N) is 4. The van der Waals surface area contributed by atoms with Crippen molar-refractivity contribution in [2.75, 3.05) is 9.80 Å². The van der Waals surface area contributed by atoms with E-state index >= 15 is 0 Å². The number of benzene rings is 14. The molecule has 0 spiro atoms. The zero-order valence-electron chi connectivity index (χ0n) is 49.5. The van der Waals surface area contributed by atoms with E-state index in [1.165, 1.54) is 10.8 Å². The number of furan rings is 5. The van der Waals surface area contributed by atoms with Crippen molar-refractivity contribution < 1.29 is 22.1 Å². The number of aromatic nitrogens is 2. The van der Waals surface area contributed by atoms with Crippen molar-refractivity contribution in [2.45, 2.75) is 0 Å². The van der Waals surface area contributed by atoms with Crippen LogP contribution in [0.25, 0.3) is 165 Å². The lowest BCUT2D eigenvalue weighted by molar-refractivity contribution is 0.662. The smallest absolute Gasteiger partial charge is 0.137 e. The van der Waals surface area contributed by atoms with Crippen LogP contribution < -0.4 is 9.80 Å². The maximum absolute atomic E-state index is 6.96. The monoisotopic (exact) mass is 1190 g/mol. The van der Waals surface area contributed by atoms with E-state index in [2.05, 4.69) is 286 Å². The van der Waals surface area contributed by atoms with Crippen LogP contribution in [-0.2, 0) is 0 Å². The Morgan fingerprint density at radius 3 is 0.817 bits per heavy atom. The molecule has 21 aromatic rings. The van der Waals surface area contributed by atoms with Crippen LogP contribution in [0.5, 0.6) is 0 Å². The van der Waals surface area contributed by atoms with Crippen LogP contribution in [0.1, 0.15) is 0 Å². The fourth-order valence-electron chi connectivity index (χ4n) is 15.1. The second kappa shape index (κ2) is 18.9. The molecule has 0 unspecified atom stereocenters. The molecule has 0 fully saturated rings. The fraction of sp³-hybridized carbons (Fsp3) is 0. The molecule has 7 aromatic heterocycles. The molecule has 0 saturated heterocycles. The van der Waals surface area contributed by atoms with E-state index in [0.29, 0.717) is 0 Å². The molecular weight excluding hydrogens is 1140 g/mol. The van der Waals surface area contributed by atoms with Crippen molar-refractivity contribution in [2.24, 2.45) is 0 Å². The lowest BCUT2D eigenvalue weighted by atomic mass is 10.1. The molecule has 93 heavy (non-hydrogen) atoms. The van der Waals surface area contributed by atoms with E-state index in [1.54, 1.807) is 0 Å². The van der Waals surface area contributed by atoms with Crippen LogP contribution in [-0.4, -0.2) is 9.13 Å². The Morgan fingerprint density at radius 2 is 0.430 bits per heavy atom. The summed E-state index contributed by atoms with van der Waals surface area (Å²) in [7, 11) is 0. The summed E-state index contributed by atoms with van der Waals surface area (Å²) in [5.74, 6) is 0. The number of anilines is 6. The average molecular weight is 1190 g/mol. The van der Waals surface area contributed by atoms with E-state index in [1.807, 2.05) is 24.3 Å². The van der Waals surface area contributed by atoms with Gasteiger partial charge in [-0.15, -0.1) is 0 Å². The predicted molar refractivity (Wildman–Crippen MR) is 381 cm³/mol. The first kappa shape index (κ1) is 50.2. The van der Waals surface area contributed by atoms with Gasteiger partial charge >= 0.3 is 0 Å². The third-order valence-corrected chi connectivity index (χ3v) is 19.2. The van der Waals surface area contributed by atoms with Crippen molar-refractivity contribution in [1.29, 1.82) is 0 Å². The second-order valence-corrected chi connectivity index (χ2v) is 24.4. The van der Waals surface area contributed by atoms with Crippen molar-refractivity contribution in [3.63, 3.8) is 0 Å². The number of hydrogen-bond acceptors (Lipinski definition) is 7. The van der Waals surface area contributed by atoms with E-state index in [4.69, 9.17) is 22.1 Å². The normalized spacial score (nSPS) is 12.3. The molecule has 434 valence electrons. The quantitative estimate of drug-likeness (QED) is 0.150. The minimum Gasteiger partial charge on any atom is -0.456 e. The Balaban J connectivity index is 0.686. The summed E-state index contributed by atoms with van der Waals surface area (Å²) in [6, 6.07) is 103. The maximum Gasteiger partial charge on any atom is 0.137 e. The molecule has 0 aliphatic rings. The Labute approximate surface area is 528 Å². The first-order valence-electron chi connectivity index (χ1n) is 31.3. The predicted octanol–water partition coefficient (Wildman–Crippen LogP) is 24.3. The highest BCUT2D eigenvalue weighted by Crippen LogP contribution is 2.48. The van der Waals surface area contributed by atoms with Gasteiger partial charge in [-0.2, -0.15) is 0 Å². The van der Waals surface area contributed by atoms with E-state index < -0.39 is 0 Å². The molecule has 0 saturated carbocycles. The number of hydrogen-bond donors (Lipinski definition) is 0. The van der Waals surface area contributed by atoms with Crippen molar-refractivity contribution in [1.82, 2.24) is 9.13 Å². The van der Waals surface area contributed by atoms with Gasteiger partial charge in [0, 0.05) is 145 Å².